The maximum atomic E-state index is 11.2. The summed E-state index contributed by atoms with van der Waals surface area (Å²) in [6.07, 6.45) is 3.53. The Bertz CT molecular complexity index is 396. The van der Waals surface area contributed by atoms with E-state index in [1.807, 2.05) is 5.38 Å². The van der Waals surface area contributed by atoms with Crippen LogP contribution in [0.5, 0.6) is 0 Å². The Hall–Kier alpha value is -0.940. The summed E-state index contributed by atoms with van der Waals surface area (Å²) in [5, 5.41) is 2.88. The summed E-state index contributed by atoms with van der Waals surface area (Å²) in [6, 6.07) is 0. The molecule has 1 saturated heterocycles. The Morgan fingerprint density at radius 1 is 1.65 bits per heavy atom. The molecule has 0 saturated carbocycles. The van der Waals surface area contributed by atoms with E-state index >= 15 is 0 Å². The number of carbonyl (C=O) groups excluding carboxylic acids is 1. The van der Waals surface area contributed by atoms with Gasteiger partial charge in [-0.1, -0.05) is 0 Å². The molecule has 1 aliphatic rings. The number of hydrogen-bond donors (Lipinski definition) is 0. The summed E-state index contributed by atoms with van der Waals surface area (Å²) >= 11 is 1.56. The first-order valence-electron chi connectivity index (χ1n) is 5.80. The molecule has 1 atom stereocenters. The molecule has 1 fully saturated rings. The van der Waals surface area contributed by atoms with Crippen molar-refractivity contribution in [3.05, 3.63) is 16.1 Å². The summed E-state index contributed by atoms with van der Waals surface area (Å²) < 4.78 is 10.5. The Morgan fingerprint density at radius 3 is 3.12 bits per heavy atom. The van der Waals surface area contributed by atoms with Crippen molar-refractivity contribution in [1.29, 1.82) is 0 Å². The van der Waals surface area contributed by atoms with Crippen molar-refractivity contribution in [2.45, 2.75) is 38.2 Å². The first-order chi connectivity index (χ1) is 8.14. The molecule has 1 aromatic rings. The fraction of sp³-hybridized carbons (Fsp3) is 0.667. The molecule has 2 rings (SSSR count). The van der Waals surface area contributed by atoms with E-state index in [9.17, 15) is 4.79 Å². The van der Waals surface area contributed by atoms with E-state index in [1.165, 1.54) is 13.5 Å². The van der Waals surface area contributed by atoms with Crippen LogP contribution in [0.4, 0.5) is 0 Å². The minimum Gasteiger partial charge on any atom is -0.469 e. The Kier molecular flexibility index (Phi) is 3.79. The van der Waals surface area contributed by atoms with Crippen molar-refractivity contribution in [3.8, 4) is 0 Å². The smallest absolute Gasteiger partial charge is 0.311 e. The third-order valence-electron chi connectivity index (χ3n) is 3.03. The van der Waals surface area contributed by atoms with Gasteiger partial charge in [0.05, 0.1) is 19.2 Å². The number of nitrogens with zero attached hydrogens (tertiary/aromatic N) is 1. The minimum absolute atomic E-state index is 0.239. The molecule has 5 heteroatoms. The van der Waals surface area contributed by atoms with E-state index in [0.29, 0.717) is 0 Å². The van der Waals surface area contributed by atoms with Gasteiger partial charge in [0.25, 0.3) is 0 Å². The number of rotatable bonds is 3. The Morgan fingerprint density at radius 2 is 2.47 bits per heavy atom. The maximum Gasteiger partial charge on any atom is 0.311 e. The van der Waals surface area contributed by atoms with Crippen molar-refractivity contribution in [1.82, 2.24) is 4.98 Å². The summed E-state index contributed by atoms with van der Waals surface area (Å²) in [6.45, 7) is 2.87. The molecule has 0 radical (unpaired) electrons. The van der Waals surface area contributed by atoms with Gasteiger partial charge in [-0.15, -0.1) is 11.3 Å². The molecular weight excluding hydrogens is 238 g/mol. The van der Waals surface area contributed by atoms with E-state index < -0.39 is 0 Å². The highest BCUT2D eigenvalue weighted by Crippen LogP contribution is 2.36. The van der Waals surface area contributed by atoms with Crippen molar-refractivity contribution >= 4 is 17.3 Å². The van der Waals surface area contributed by atoms with Gasteiger partial charge in [-0.05, 0) is 26.2 Å². The quantitative estimate of drug-likeness (QED) is 0.777. The highest BCUT2D eigenvalue weighted by atomic mass is 32.1. The first-order valence-corrected chi connectivity index (χ1v) is 6.68. The van der Waals surface area contributed by atoms with Crippen LogP contribution in [-0.4, -0.2) is 24.7 Å². The van der Waals surface area contributed by atoms with E-state index in [-0.39, 0.29) is 18.0 Å². The van der Waals surface area contributed by atoms with Gasteiger partial charge in [-0.2, -0.15) is 0 Å². The average Bonchev–Trinajstić information content (AvgIpc) is 2.79. The SMILES string of the molecule is COC(=O)Cc1csc(C2(C)CCCCO2)n1. The normalized spacial score (nSPS) is 24.6. The predicted octanol–water partition coefficient (Wildman–Crippen LogP) is 2.27. The van der Waals surface area contributed by atoms with E-state index in [4.69, 9.17) is 4.74 Å². The summed E-state index contributed by atoms with van der Waals surface area (Å²) in [7, 11) is 1.39. The second-order valence-corrected chi connectivity index (χ2v) is 5.29. The molecule has 1 aliphatic heterocycles. The molecule has 0 amide bonds. The second-order valence-electron chi connectivity index (χ2n) is 4.43. The van der Waals surface area contributed by atoms with Gasteiger partial charge in [0, 0.05) is 12.0 Å². The van der Waals surface area contributed by atoms with Crippen LogP contribution in [0, 0.1) is 0 Å². The van der Waals surface area contributed by atoms with Gasteiger partial charge in [0.2, 0.25) is 0 Å². The molecule has 0 aliphatic carbocycles. The van der Waals surface area contributed by atoms with Gasteiger partial charge in [0.1, 0.15) is 10.6 Å². The van der Waals surface area contributed by atoms with Gasteiger partial charge in [-0.25, -0.2) is 4.98 Å². The first kappa shape index (κ1) is 12.5. The van der Waals surface area contributed by atoms with Crippen LogP contribution in [0.15, 0.2) is 5.38 Å². The maximum absolute atomic E-state index is 11.2. The number of thiazole rings is 1. The Balaban J connectivity index is 2.09. The number of ether oxygens (including phenoxy) is 2. The van der Waals surface area contributed by atoms with Crippen LogP contribution in [-0.2, 0) is 26.3 Å². The predicted molar refractivity (Wildman–Crippen MR) is 65.0 cm³/mol. The molecule has 1 aromatic heterocycles. The molecule has 94 valence electrons. The summed E-state index contributed by atoms with van der Waals surface area (Å²) in [4.78, 5) is 15.6. The van der Waals surface area contributed by atoms with Crippen LogP contribution < -0.4 is 0 Å². The number of carbonyl (C=O) groups is 1. The number of methoxy groups -OCH3 is 1. The van der Waals surface area contributed by atoms with Crippen molar-refractivity contribution in [2.24, 2.45) is 0 Å². The summed E-state index contributed by atoms with van der Waals surface area (Å²) in [5.74, 6) is -0.253. The molecule has 0 bridgehead atoms. The number of aromatic nitrogens is 1. The summed E-state index contributed by atoms with van der Waals surface area (Å²) in [5.41, 5.74) is 0.504. The molecule has 0 aromatic carbocycles. The molecular formula is C12H17NO3S. The van der Waals surface area contributed by atoms with Gasteiger partial charge in [0.15, 0.2) is 0 Å². The van der Waals surface area contributed by atoms with Crippen LogP contribution in [0.1, 0.15) is 36.9 Å². The van der Waals surface area contributed by atoms with Gasteiger partial charge in [-0.3, -0.25) is 4.79 Å². The highest BCUT2D eigenvalue weighted by Gasteiger charge is 2.33. The molecule has 17 heavy (non-hydrogen) atoms. The standard InChI is InChI=1S/C12H17NO3S/c1-12(5-3-4-6-16-12)11-13-9(8-17-11)7-10(14)15-2/h8H,3-7H2,1-2H3. The minimum atomic E-state index is -0.267. The fourth-order valence-corrected chi connectivity index (χ4v) is 2.92. The van der Waals surface area contributed by atoms with Crippen molar-refractivity contribution in [3.63, 3.8) is 0 Å². The average molecular weight is 255 g/mol. The monoisotopic (exact) mass is 255 g/mol. The zero-order valence-electron chi connectivity index (χ0n) is 10.2. The van der Waals surface area contributed by atoms with Gasteiger partial charge >= 0.3 is 5.97 Å². The zero-order chi connectivity index (χ0) is 12.3. The number of hydrogen-bond acceptors (Lipinski definition) is 5. The van der Waals surface area contributed by atoms with Crippen LogP contribution in [0.25, 0.3) is 0 Å². The van der Waals surface area contributed by atoms with Crippen LogP contribution in [0.3, 0.4) is 0 Å². The van der Waals surface area contributed by atoms with Crippen LogP contribution in [0.2, 0.25) is 0 Å². The molecule has 0 spiro atoms. The lowest BCUT2D eigenvalue weighted by Gasteiger charge is -2.31. The zero-order valence-corrected chi connectivity index (χ0v) is 11.0. The van der Waals surface area contributed by atoms with E-state index in [0.717, 1.165) is 30.2 Å². The lowest BCUT2D eigenvalue weighted by molar-refractivity contribution is -0.139. The fourth-order valence-electron chi connectivity index (χ4n) is 1.95. The third kappa shape index (κ3) is 2.84. The van der Waals surface area contributed by atoms with E-state index in [2.05, 4.69) is 16.6 Å². The van der Waals surface area contributed by atoms with E-state index in [1.54, 1.807) is 11.3 Å². The lowest BCUT2D eigenvalue weighted by Crippen LogP contribution is -2.30. The number of esters is 1. The topological polar surface area (TPSA) is 48.4 Å². The van der Waals surface area contributed by atoms with Crippen LogP contribution >= 0.6 is 11.3 Å². The Labute approximate surface area is 105 Å². The van der Waals surface area contributed by atoms with Crippen molar-refractivity contribution < 1.29 is 14.3 Å². The molecule has 0 N–H and O–H groups in total. The highest BCUT2D eigenvalue weighted by molar-refractivity contribution is 7.09. The third-order valence-corrected chi connectivity index (χ3v) is 4.16. The molecule has 2 heterocycles. The van der Waals surface area contributed by atoms with Gasteiger partial charge < -0.3 is 9.47 Å². The largest absolute Gasteiger partial charge is 0.469 e. The molecule has 1 unspecified atom stereocenters. The lowest BCUT2D eigenvalue weighted by atomic mass is 9.97. The van der Waals surface area contributed by atoms with Crippen molar-refractivity contribution in [2.75, 3.05) is 13.7 Å². The second kappa shape index (κ2) is 5.14. The molecule has 4 nitrogen and oxygen atoms in total.